The van der Waals surface area contributed by atoms with Gasteiger partial charge in [0.15, 0.2) is 5.76 Å². The number of piperidine rings is 1. The molecule has 8 nitrogen and oxygen atoms in total. The third-order valence-electron chi connectivity index (χ3n) is 5.05. The standard InChI is InChI=1S/C20H21ClN4O4S/c21-16-5-1-3-14(11-16)12-22-20(26)15-4-2-10-25(13-15)30(27,28)19-7-6-18(29-19)17-8-9-23-24-17/h1,3,5-9,11,15H,2,4,10,12-13H2,(H,22,26)(H,23,24)/t15-/m0/s1. The number of rotatable bonds is 6. The monoisotopic (exact) mass is 448 g/mol. The van der Waals surface area contributed by atoms with E-state index in [1.165, 1.54) is 10.4 Å². The van der Waals surface area contributed by atoms with Gasteiger partial charge in [-0.2, -0.15) is 9.40 Å². The lowest BCUT2D eigenvalue weighted by Crippen LogP contribution is -2.45. The van der Waals surface area contributed by atoms with E-state index in [1.807, 2.05) is 12.1 Å². The largest absolute Gasteiger partial charge is 0.442 e. The van der Waals surface area contributed by atoms with Gasteiger partial charge in [-0.25, -0.2) is 8.42 Å². The molecule has 30 heavy (non-hydrogen) atoms. The maximum Gasteiger partial charge on any atom is 0.276 e. The average molecular weight is 449 g/mol. The first-order chi connectivity index (χ1) is 14.4. The van der Waals surface area contributed by atoms with Crippen molar-refractivity contribution in [1.82, 2.24) is 19.8 Å². The quantitative estimate of drug-likeness (QED) is 0.602. The SMILES string of the molecule is O=C(NCc1cccc(Cl)c1)[C@H]1CCCN(S(=O)(=O)c2ccc(-c3ccn[nH]3)o2)C1. The Labute approximate surface area is 179 Å². The number of amides is 1. The van der Waals surface area contributed by atoms with Crippen LogP contribution in [0.4, 0.5) is 0 Å². The summed E-state index contributed by atoms with van der Waals surface area (Å²) in [7, 11) is -3.84. The summed E-state index contributed by atoms with van der Waals surface area (Å²) in [4.78, 5) is 12.6. The number of aromatic amines is 1. The molecule has 0 radical (unpaired) electrons. The fourth-order valence-corrected chi connectivity index (χ4v) is 5.13. The zero-order valence-corrected chi connectivity index (χ0v) is 17.6. The van der Waals surface area contributed by atoms with Crippen LogP contribution in [0.25, 0.3) is 11.5 Å². The number of hydrogen-bond acceptors (Lipinski definition) is 5. The van der Waals surface area contributed by atoms with E-state index in [1.54, 1.807) is 30.5 Å². The van der Waals surface area contributed by atoms with Crippen molar-refractivity contribution in [2.45, 2.75) is 24.5 Å². The molecule has 0 unspecified atom stereocenters. The van der Waals surface area contributed by atoms with Gasteiger partial charge in [0.05, 0.1) is 5.92 Å². The van der Waals surface area contributed by atoms with Crippen molar-refractivity contribution >= 4 is 27.5 Å². The second kappa shape index (κ2) is 8.63. The van der Waals surface area contributed by atoms with E-state index >= 15 is 0 Å². The molecule has 4 rings (SSSR count). The Balaban J connectivity index is 1.42. The number of benzene rings is 1. The molecule has 2 N–H and O–H groups in total. The molecule has 1 fully saturated rings. The summed E-state index contributed by atoms with van der Waals surface area (Å²) in [5.41, 5.74) is 1.48. The molecule has 3 heterocycles. The molecule has 3 aromatic rings. The number of hydrogen-bond donors (Lipinski definition) is 2. The summed E-state index contributed by atoms with van der Waals surface area (Å²) in [6.07, 6.45) is 2.79. The number of sulfonamides is 1. The van der Waals surface area contributed by atoms with Gasteiger partial charge in [0, 0.05) is 30.9 Å². The van der Waals surface area contributed by atoms with E-state index in [-0.39, 0.29) is 17.5 Å². The highest BCUT2D eigenvalue weighted by Crippen LogP contribution is 2.28. The molecular formula is C20H21ClN4O4S. The first kappa shape index (κ1) is 20.6. The predicted molar refractivity (Wildman–Crippen MR) is 111 cm³/mol. The molecule has 1 aliphatic heterocycles. The Hall–Kier alpha value is -2.62. The molecule has 2 aromatic heterocycles. The Bertz CT molecular complexity index is 1130. The summed E-state index contributed by atoms with van der Waals surface area (Å²) in [5.74, 6) is -0.207. The maximum absolute atomic E-state index is 13.0. The zero-order chi connectivity index (χ0) is 21.1. The first-order valence-electron chi connectivity index (χ1n) is 9.55. The molecule has 1 amide bonds. The maximum atomic E-state index is 13.0. The van der Waals surface area contributed by atoms with Crippen LogP contribution in [-0.2, 0) is 21.4 Å². The lowest BCUT2D eigenvalue weighted by Gasteiger charge is -2.30. The molecule has 10 heteroatoms. The summed E-state index contributed by atoms with van der Waals surface area (Å²) >= 11 is 5.97. The van der Waals surface area contributed by atoms with Gasteiger partial charge in [-0.3, -0.25) is 9.89 Å². The van der Waals surface area contributed by atoms with Crippen LogP contribution in [0.5, 0.6) is 0 Å². The lowest BCUT2D eigenvalue weighted by atomic mass is 9.99. The van der Waals surface area contributed by atoms with Gasteiger partial charge < -0.3 is 9.73 Å². The van der Waals surface area contributed by atoms with E-state index in [0.29, 0.717) is 42.4 Å². The van der Waals surface area contributed by atoms with E-state index in [0.717, 1.165) is 5.56 Å². The lowest BCUT2D eigenvalue weighted by molar-refractivity contribution is -0.126. The Kier molecular flexibility index (Phi) is 5.94. The second-order valence-electron chi connectivity index (χ2n) is 7.14. The third kappa shape index (κ3) is 4.43. The minimum Gasteiger partial charge on any atom is -0.442 e. The third-order valence-corrected chi connectivity index (χ3v) is 7.03. The second-order valence-corrected chi connectivity index (χ2v) is 9.44. The Morgan fingerprint density at radius 2 is 2.17 bits per heavy atom. The van der Waals surface area contributed by atoms with Crippen LogP contribution < -0.4 is 5.32 Å². The molecule has 0 aliphatic carbocycles. The molecule has 1 aliphatic rings. The first-order valence-corrected chi connectivity index (χ1v) is 11.4. The highest BCUT2D eigenvalue weighted by Gasteiger charge is 2.35. The number of nitrogens with zero attached hydrogens (tertiary/aromatic N) is 2. The van der Waals surface area contributed by atoms with Gasteiger partial charge in [-0.15, -0.1) is 0 Å². The molecule has 1 saturated heterocycles. The Morgan fingerprint density at radius 1 is 1.30 bits per heavy atom. The smallest absolute Gasteiger partial charge is 0.276 e. The Morgan fingerprint density at radius 3 is 2.93 bits per heavy atom. The van der Waals surface area contributed by atoms with E-state index in [9.17, 15) is 13.2 Å². The summed E-state index contributed by atoms with van der Waals surface area (Å²) in [6.45, 7) is 0.804. The predicted octanol–water partition coefficient (Wildman–Crippen LogP) is 3.04. The van der Waals surface area contributed by atoms with Gasteiger partial charge in [-0.05, 0) is 48.7 Å². The zero-order valence-electron chi connectivity index (χ0n) is 16.0. The van der Waals surface area contributed by atoms with Crippen LogP contribution in [0, 0.1) is 5.92 Å². The highest BCUT2D eigenvalue weighted by atomic mass is 35.5. The van der Waals surface area contributed by atoms with Gasteiger partial charge in [0.25, 0.3) is 10.0 Å². The van der Waals surface area contributed by atoms with Gasteiger partial charge in [0.2, 0.25) is 11.0 Å². The summed E-state index contributed by atoms with van der Waals surface area (Å²) in [5, 5.41) is 9.91. The van der Waals surface area contributed by atoms with Crippen molar-refractivity contribution < 1.29 is 17.6 Å². The number of carbonyl (C=O) groups excluding carboxylic acids is 1. The molecule has 158 valence electrons. The number of furan rings is 1. The summed E-state index contributed by atoms with van der Waals surface area (Å²) in [6, 6.07) is 11.9. The number of carbonyl (C=O) groups is 1. The molecule has 0 bridgehead atoms. The molecule has 1 aromatic carbocycles. The summed E-state index contributed by atoms with van der Waals surface area (Å²) < 4.78 is 32.9. The van der Waals surface area contributed by atoms with Gasteiger partial charge >= 0.3 is 0 Å². The van der Waals surface area contributed by atoms with E-state index < -0.39 is 15.9 Å². The molecule has 0 spiro atoms. The van der Waals surface area contributed by atoms with Crippen molar-refractivity contribution in [3.8, 4) is 11.5 Å². The van der Waals surface area contributed by atoms with Crippen LogP contribution in [0.15, 0.2) is 58.2 Å². The number of H-pyrrole nitrogens is 1. The van der Waals surface area contributed by atoms with Crippen molar-refractivity contribution in [3.05, 3.63) is 59.2 Å². The van der Waals surface area contributed by atoms with E-state index in [4.69, 9.17) is 16.0 Å². The number of nitrogens with one attached hydrogen (secondary N) is 2. The van der Waals surface area contributed by atoms with E-state index in [2.05, 4.69) is 15.5 Å². The number of halogens is 1. The molecular weight excluding hydrogens is 428 g/mol. The van der Waals surface area contributed by atoms with Crippen LogP contribution >= 0.6 is 11.6 Å². The molecule has 1 atom stereocenters. The van der Waals surface area contributed by atoms with Crippen LogP contribution in [0.1, 0.15) is 18.4 Å². The average Bonchev–Trinajstić information content (AvgIpc) is 3.44. The van der Waals surface area contributed by atoms with Crippen molar-refractivity contribution in [1.29, 1.82) is 0 Å². The highest BCUT2D eigenvalue weighted by molar-refractivity contribution is 7.89. The van der Waals surface area contributed by atoms with Crippen LogP contribution in [-0.4, -0.2) is 41.9 Å². The van der Waals surface area contributed by atoms with Crippen molar-refractivity contribution in [2.75, 3.05) is 13.1 Å². The van der Waals surface area contributed by atoms with Crippen LogP contribution in [0.3, 0.4) is 0 Å². The van der Waals surface area contributed by atoms with Gasteiger partial charge in [-0.1, -0.05) is 23.7 Å². The minimum absolute atomic E-state index is 0.115. The number of aromatic nitrogens is 2. The fraction of sp³-hybridized carbons (Fsp3) is 0.300. The fourth-order valence-electron chi connectivity index (χ4n) is 3.48. The van der Waals surface area contributed by atoms with Crippen LogP contribution in [0.2, 0.25) is 5.02 Å². The van der Waals surface area contributed by atoms with Crippen molar-refractivity contribution in [2.24, 2.45) is 5.92 Å². The van der Waals surface area contributed by atoms with Gasteiger partial charge in [0.1, 0.15) is 5.69 Å². The molecule has 0 saturated carbocycles. The van der Waals surface area contributed by atoms with Crippen molar-refractivity contribution in [3.63, 3.8) is 0 Å². The minimum atomic E-state index is -3.84. The normalized spacial score (nSPS) is 17.7. The topological polar surface area (TPSA) is 108 Å².